The molecular weight excluding hydrogens is 276 g/mol. The molecule has 0 spiro atoms. The Bertz CT molecular complexity index is 476. The van der Waals surface area contributed by atoms with Gasteiger partial charge in [0, 0.05) is 24.2 Å². The van der Waals surface area contributed by atoms with Gasteiger partial charge in [-0.1, -0.05) is 24.4 Å². The summed E-state index contributed by atoms with van der Waals surface area (Å²) < 4.78 is 1.87. The van der Waals surface area contributed by atoms with Crippen molar-refractivity contribution in [1.82, 2.24) is 9.88 Å². The number of aliphatic hydroxyl groups is 1. The zero-order chi connectivity index (χ0) is 14.8. The molecule has 1 aliphatic rings. The van der Waals surface area contributed by atoms with Gasteiger partial charge in [-0.05, 0) is 32.8 Å². The van der Waals surface area contributed by atoms with Gasteiger partial charge in [-0.2, -0.15) is 0 Å². The minimum absolute atomic E-state index is 0.120. The molecule has 1 aromatic rings. The second-order valence-corrected chi connectivity index (χ2v) is 6.53. The lowest BCUT2D eigenvalue weighted by Gasteiger charge is -2.26. The minimum Gasteiger partial charge on any atom is -0.396 e. The van der Waals surface area contributed by atoms with Crippen LogP contribution in [-0.2, 0) is 0 Å². The van der Waals surface area contributed by atoms with Gasteiger partial charge in [0.15, 0.2) is 0 Å². The molecule has 0 bridgehead atoms. The molecule has 1 amide bonds. The Hall–Kier alpha value is -1.00. The van der Waals surface area contributed by atoms with Gasteiger partial charge in [0.05, 0.1) is 11.6 Å². The second kappa shape index (κ2) is 6.19. The van der Waals surface area contributed by atoms with Crippen molar-refractivity contribution < 1.29 is 9.90 Å². The molecule has 5 heteroatoms. The van der Waals surface area contributed by atoms with E-state index in [4.69, 9.17) is 11.6 Å². The van der Waals surface area contributed by atoms with E-state index in [-0.39, 0.29) is 24.0 Å². The Morgan fingerprint density at radius 2 is 2.15 bits per heavy atom. The molecule has 0 unspecified atom stereocenters. The van der Waals surface area contributed by atoms with E-state index < -0.39 is 0 Å². The number of halogens is 1. The van der Waals surface area contributed by atoms with Crippen molar-refractivity contribution >= 4 is 17.5 Å². The van der Waals surface area contributed by atoms with E-state index in [0.717, 1.165) is 25.7 Å². The van der Waals surface area contributed by atoms with E-state index in [2.05, 4.69) is 5.32 Å². The van der Waals surface area contributed by atoms with Crippen LogP contribution in [0.5, 0.6) is 0 Å². The maximum Gasteiger partial charge on any atom is 0.267 e. The zero-order valence-electron chi connectivity index (χ0n) is 12.2. The SMILES string of the molecule is CC(C)n1cc(Cl)cc1C(=O)NCC1(CO)CCCC1. The molecule has 20 heavy (non-hydrogen) atoms. The van der Waals surface area contributed by atoms with E-state index >= 15 is 0 Å². The van der Waals surface area contributed by atoms with Crippen molar-refractivity contribution in [2.24, 2.45) is 5.41 Å². The number of aliphatic hydroxyl groups excluding tert-OH is 1. The van der Waals surface area contributed by atoms with Crippen LogP contribution in [0.1, 0.15) is 56.1 Å². The van der Waals surface area contributed by atoms with Crippen LogP contribution in [0.4, 0.5) is 0 Å². The molecule has 1 heterocycles. The number of carbonyl (C=O) groups excluding carboxylic acids is 1. The fourth-order valence-electron chi connectivity index (χ4n) is 2.93. The molecule has 0 aromatic carbocycles. The molecule has 4 nitrogen and oxygen atoms in total. The van der Waals surface area contributed by atoms with Crippen molar-refractivity contribution in [2.75, 3.05) is 13.2 Å². The van der Waals surface area contributed by atoms with Gasteiger partial charge < -0.3 is 15.0 Å². The third kappa shape index (κ3) is 3.18. The molecule has 0 atom stereocenters. The van der Waals surface area contributed by atoms with Gasteiger partial charge in [0.25, 0.3) is 5.91 Å². The molecule has 0 saturated heterocycles. The van der Waals surface area contributed by atoms with Crippen LogP contribution >= 0.6 is 11.6 Å². The highest BCUT2D eigenvalue weighted by molar-refractivity contribution is 6.31. The third-order valence-corrected chi connectivity index (χ3v) is 4.43. The Kier molecular flexibility index (Phi) is 4.76. The monoisotopic (exact) mass is 298 g/mol. The van der Waals surface area contributed by atoms with Gasteiger partial charge in [-0.25, -0.2) is 0 Å². The normalized spacial score (nSPS) is 17.6. The molecule has 1 saturated carbocycles. The number of aromatic nitrogens is 1. The smallest absolute Gasteiger partial charge is 0.267 e. The number of nitrogens with one attached hydrogen (secondary N) is 1. The molecule has 112 valence electrons. The standard InChI is InChI=1S/C15H23ClN2O2/c1-11(2)18-8-12(16)7-13(18)14(20)17-9-15(10-19)5-3-4-6-15/h7-8,11,19H,3-6,9-10H2,1-2H3,(H,17,20). The molecule has 1 fully saturated rings. The van der Waals surface area contributed by atoms with Gasteiger partial charge in [-0.3, -0.25) is 4.79 Å². The topological polar surface area (TPSA) is 54.3 Å². The Morgan fingerprint density at radius 1 is 1.50 bits per heavy atom. The summed E-state index contributed by atoms with van der Waals surface area (Å²) in [7, 11) is 0. The van der Waals surface area contributed by atoms with Crippen molar-refractivity contribution in [3.8, 4) is 0 Å². The summed E-state index contributed by atoms with van der Waals surface area (Å²) in [6.45, 7) is 4.70. The Labute approximate surface area is 125 Å². The highest BCUT2D eigenvalue weighted by atomic mass is 35.5. The van der Waals surface area contributed by atoms with Crippen LogP contribution in [0, 0.1) is 5.41 Å². The van der Waals surface area contributed by atoms with Crippen molar-refractivity contribution in [1.29, 1.82) is 0 Å². The summed E-state index contributed by atoms with van der Waals surface area (Å²) >= 11 is 5.99. The van der Waals surface area contributed by atoms with E-state index in [1.54, 1.807) is 12.3 Å². The lowest BCUT2D eigenvalue weighted by Crippen LogP contribution is -2.39. The van der Waals surface area contributed by atoms with Crippen LogP contribution in [0.2, 0.25) is 5.02 Å². The fourth-order valence-corrected chi connectivity index (χ4v) is 3.14. The predicted octanol–water partition coefficient (Wildman–Crippen LogP) is 3.00. The molecule has 1 aromatic heterocycles. The Balaban J connectivity index is 2.05. The quantitative estimate of drug-likeness (QED) is 0.878. The fraction of sp³-hybridized carbons (Fsp3) is 0.667. The van der Waals surface area contributed by atoms with Crippen LogP contribution in [-0.4, -0.2) is 28.7 Å². The predicted molar refractivity (Wildman–Crippen MR) is 80.1 cm³/mol. The highest BCUT2D eigenvalue weighted by Gasteiger charge is 2.33. The van der Waals surface area contributed by atoms with Crippen molar-refractivity contribution in [3.63, 3.8) is 0 Å². The number of nitrogens with zero attached hydrogens (tertiary/aromatic N) is 1. The Morgan fingerprint density at radius 3 is 2.70 bits per heavy atom. The number of rotatable bonds is 5. The minimum atomic E-state index is -0.130. The first-order chi connectivity index (χ1) is 9.47. The maximum absolute atomic E-state index is 12.3. The average Bonchev–Trinajstić information content (AvgIpc) is 3.03. The van der Waals surface area contributed by atoms with Crippen LogP contribution < -0.4 is 5.32 Å². The first-order valence-electron chi connectivity index (χ1n) is 7.24. The summed E-state index contributed by atoms with van der Waals surface area (Å²) in [5.41, 5.74) is 0.449. The zero-order valence-corrected chi connectivity index (χ0v) is 12.9. The molecule has 0 radical (unpaired) electrons. The van der Waals surface area contributed by atoms with Gasteiger partial charge in [0.2, 0.25) is 0 Å². The summed E-state index contributed by atoms with van der Waals surface area (Å²) in [5, 5.41) is 13.1. The summed E-state index contributed by atoms with van der Waals surface area (Å²) in [4.78, 5) is 12.3. The summed E-state index contributed by atoms with van der Waals surface area (Å²) in [5.74, 6) is -0.120. The molecule has 2 rings (SSSR count). The molecular formula is C15H23ClN2O2. The van der Waals surface area contributed by atoms with Crippen molar-refractivity contribution in [3.05, 3.63) is 23.0 Å². The van der Waals surface area contributed by atoms with Crippen LogP contribution in [0.3, 0.4) is 0 Å². The highest BCUT2D eigenvalue weighted by Crippen LogP contribution is 2.37. The van der Waals surface area contributed by atoms with E-state index in [9.17, 15) is 9.90 Å². The average molecular weight is 299 g/mol. The van der Waals surface area contributed by atoms with Gasteiger partial charge in [0.1, 0.15) is 5.69 Å². The first-order valence-corrected chi connectivity index (χ1v) is 7.62. The lowest BCUT2D eigenvalue weighted by molar-refractivity contribution is 0.0870. The maximum atomic E-state index is 12.3. The van der Waals surface area contributed by atoms with E-state index in [0.29, 0.717) is 17.3 Å². The summed E-state index contributed by atoms with van der Waals surface area (Å²) in [6.07, 6.45) is 6.00. The van der Waals surface area contributed by atoms with Gasteiger partial charge in [-0.15, -0.1) is 0 Å². The van der Waals surface area contributed by atoms with Gasteiger partial charge >= 0.3 is 0 Å². The largest absolute Gasteiger partial charge is 0.396 e. The van der Waals surface area contributed by atoms with Crippen molar-refractivity contribution in [2.45, 2.75) is 45.6 Å². The summed E-state index contributed by atoms with van der Waals surface area (Å²) in [6, 6.07) is 1.87. The van der Waals surface area contributed by atoms with E-state index in [1.165, 1.54) is 0 Å². The van der Waals surface area contributed by atoms with Crippen LogP contribution in [0.25, 0.3) is 0 Å². The third-order valence-electron chi connectivity index (χ3n) is 4.23. The number of hydrogen-bond donors (Lipinski definition) is 2. The molecule has 1 aliphatic carbocycles. The molecule has 0 aliphatic heterocycles. The number of hydrogen-bond acceptors (Lipinski definition) is 2. The lowest BCUT2D eigenvalue weighted by atomic mass is 9.87. The molecule has 2 N–H and O–H groups in total. The van der Waals surface area contributed by atoms with E-state index in [1.807, 2.05) is 18.4 Å². The second-order valence-electron chi connectivity index (χ2n) is 6.09. The number of amides is 1. The number of carbonyl (C=O) groups is 1. The van der Waals surface area contributed by atoms with Crippen LogP contribution in [0.15, 0.2) is 12.3 Å². The first kappa shape index (κ1) is 15.4.